The molecular weight excluding hydrogens is 360 g/mol. The summed E-state index contributed by atoms with van der Waals surface area (Å²) in [5.41, 5.74) is 2.67. The molecule has 0 amide bonds. The standard InChI is InChI=1S/C21H24N2O5/c1-26-14-9-19(27-2)16(20(10-14)28-3)12-23-18(21(24)25)8-13-11-22-17-7-5-4-6-15(13)17/h4-7,9-11,18,22-23H,8,12H2,1-3H3,(H,24,25)/t18-/m0/s1. The maximum Gasteiger partial charge on any atom is 0.321 e. The summed E-state index contributed by atoms with van der Waals surface area (Å²) in [7, 11) is 4.67. The highest BCUT2D eigenvalue weighted by Gasteiger charge is 2.21. The predicted octanol–water partition coefficient (Wildman–Crippen LogP) is 2.98. The van der Waals surface area contributed by atoms with E-state index >= 15 is 0 Å². The second-order valence-electron chi connectivity index (χ2n) is 6.35. The first-order valence-corrected chi connectivity index (χ1v) is 8.87. The van der Waals surface area contributed by atoms with Gasteiger partial charge in [0.25, 0.3) is 0 Å². The first kappa shape index (κ1) is 19.6. The van der Waals surface area contributed by atoms with Crippen molar-refractivity contribution >= 4 is 16.9 Å². The van der Waals surface area contributed by atoms with Crippen LogP contribution in [0.1, 0.15) is 11.1 Å². The number of H-pyrrole nitrogens is 1. The second-order valence-corrected chi connectivity index (χ2v) is 6.35. The molecule has 0 aliphatic rings. The molecule has 7 nitrogen and oxygen atoms in total. The van der Waals surface area contributed by atoms with Gasteiger partial charge in [-0.05, 0) is 11.6 Å². The Morgan fingerprint density at radius 2 is 1.79 bits per heavy atom. The summed E-state index contributed by atoms with van der Waals surface area (Å²) in [6.45, 7) is 0.273. The molecule has 0 saturated heterocycles. The fraction of sp³-hybridized carbons (Fsp3) is 0.286. The van der Waals surface area contributed by atoms with E-state index in [4.69, 9.17) is 14.2 Å². The summed E-state index contributed by atoms with van der Waals surface area (Å²) < 4.78 is 16.1. The van der Waals surface area contributed by atoms with Crippen molar-refractivity contribution in [2.75, 3.05) is 21.3 Å². The Balaban J connectivity index is 1.81. The molecule has 148 valence electrons. The van der Waals surface area contributed by atoms with Crippen LogP contribution in [0.3, 0.4) is 0 Å². The minimum absolute atomic E-state index is 0.273. The van der Waals surface area contributed by atoms with Crippen LogP contribution < -0.4 is 19.5 Å². The highest BCUT2D eigenvalue weighted by atomic mass is 16.5. The van der Waals surface area contributed by atoms with Crippen LogP contribution in [0.5, 0.6) is 17.2 Å². The van der Waals surface area contributed by atoms with Gasteiger partial charge in [0.05, 0.1) is 26.9 Å². The molecule has 1 heterocycles. The molecule has 28 heavy (non-hydrogen) atoms. The molecule has 2 aromatic carbocycles. The first-order valence-electron chi connectivity index (χ1n) is 8.87. The van der Waals surface area contributed by atoms with Crippen molar-refractivity contribution in [3.05, 3.63) is 53.7 Å². The number of benzene rings is 2. The third kappa shape index (κ3) is 4.04. The van der Waals surface area contributed by atoms with E-state index in [1.807, 2.05) is 30.5 Å². The van der Waals surface area contributed by atoms with Crippen molar-refractivity contribution in [1.29, 1.82) is 0 Å². The fourth-order valence-corrected chi connectivity index (χ4v) is 3.24. The van der Waals surface area contributed by atoms with Crippen LogP contribution in [-0.4, -0.2) is 43.4 Å². The van der Waals surface area contributed by atoms with Crippen LogP contribution in [0, 0.1) is 0 Å². The van der Waals surface area contributed by atoms with Gasteiger partial charge in [-0.3, -0.25) is 10.1 Å². The number of hydrogen-bond donors (Lipinski definition) is 3. The number of methoxy groups -OCH3 is 3. The molecule has 0 saturated carbocycles. The topological polar surface area (TPSA) is 92.8 Å². The van der Waals surface area contributed by atoms with Gasteiger partial charge in [0.1, 0.15) is 23.3 Å². The van der Waals surface area contributed by atoms with Gasteiger partial charge in [0.15, 0.2) is 0 Å². The quantitative estimate of drug-likeness (QED) is 0.525. The summed E-state index contributed by atoms with van der Waals surface area (Å²) in [6.07, 6.45) is 2.21. The van der Waals surface area contributed by atoms with E-state index in [0.29, 0.717) is 23.7 Å². The lowest BCUT2D eigenvalue weighted by molar-refractivity contribution is -0.139. The Hall–Kier alpha value is -3.19. The molecule has 0 spiro atoms. The predicted molar refractivity (Wildman–Crippen MR) is 106 cm³/mol. The normalized spacial score (nSPS) is 12.0. The molecule has 0 aliphatic carbocycles. The van der Waals surface area contributed by atoms with Crippen LogP contribution in [-0.2, 0) is 17.8 Å². The van der Waals surface area contributed by atoms with Gasteiger partial charge in [0.2, 0.25) is 0 Å². The summed E-state index contributed by atoms with van der Waals surface area (Å²) in [5, 5.41) is 13.8. The van der Waals surface area contributed by atoms with E-state index in [0.717, 1.165) is 22.0 Å². The van der Waals surface area contributed by atoms with E-state index in [1.165, 1.54) is 0 Å². The molecule has 1 atom stereocenters. The minimum atomic E-state index is -0.920. The molecular formula is C21H24N2O5. The number of carbonyl (C=O) groups is 1. The van der Waals surface area contributed by atoms with Crippen molar-refractivity contribution in [1.82, 2.24) is 10.3 Å². The number of fused-ring (bicyclic) bond motifs is 1. The number of carboxylic acid groups (broad SMARTS) is 1. The summed E-state index contributed by atoms with van der Waals surface area (Å²) in [5.74, 6) is 0.822. The molecule has 0 fully saturated rings. The SMILES string of the molecule is COc1cc(OC)c(CN[C@@H](Cc2c[nH]c3ccccc23)C(=O)O)c(OC)c1. The van der Waals surface area contributed by atoms with E-state index in [2.05, 4.69) is 10.3 Å². The molecule has 0 aliphatic heterocycles. The van der Waals surface area contributed by atoms with Crippen molar-refractivity contribution < 1.29 is 24.1 Å². The average Bonchev–Trinajstić information content (AvgIpc) is 3.13. The zero-order valence-electron chi connectivity index (χ0n) is 16.1. The average molecular weight is 384 g/mol. The zero-order valence-corrected chi connectivity index (χ0v) is 16.1. The number of para-hydroxylation sites is 1. The number of nitrogens with one attached hydrogen (secondary N) is 2. The smallest absolute Gasteiger partial charge is 0.321 e. The van der Waals surface area contributed by atoms with Gasteiger partial charge in [-0.2, -0.15) is 0 Å². The van der Waals surface area contributed by atoms with Gasteiger partial charge in [-0.15, -0.1) is 0 Å². The Morgan fingerprint density at radius 1 is 1.11 bits per heavy atom. The number of carboxylic acids is 1. The number of aromatic nitrogens is 1. The molecule has 3 aromatic rings. The number of ether oxygens (including phenoxy) is 3. The van der Waals surface area contributed by atoms with Crippen molar-refractivity contribution in [3.8, 4) is 17.2 Å². The van der Waals surface area contributed by atoms with Crippen molar-refractivity contribution in [2.45, 2.75) is 19.0 Å². The highest BCUT2D eigenvalue weighted by Crippen LogP contribution is 2.34. The van der Waals surface area contributed by atoms with Crippen LogP contribution in [0.15, 0.2) is 42.6 Å². The van der Waals surface area contributed by atoms with E-state index in [1.54, 1.807) is 33.5 Å². The Bertz CT molecular complexity index is 941. The Morgan fingerprint density at radius 3 is 2.39 bits per heavy atom. The summed E-state index contributed by atoms with van der Waals surface area (Å²) in [6, 6.07) is 10.6. The molecule has 0 unspecified atom stereocenters. The maximum atomic E-state index is 11.8. The van der Waals surface area contributed by atoms with Gasteiger partial charge in [0, 0.05) is 42.2 Å². The lowest BCUT2D eigenvalue weighted by Crippen LogP contribution is -2.38. The molecule has 1 aromatic heterocycles. The minimum Gasteiger partial charge on any atom is -0.496 e. The number of aliphatic carboxylic acids is 1. The zero-order chi connectivity index (χ0) is 20.1. The fourth-order valence-electron chi connectivity index (χ4n) is 3.24. The van der Waals surface area contributed by atoms with E-state index in [-0.39, 0.29) is 6.54 Å². The molecule has 0 bridgehead atoms. The highest BCUT2D eigenvalue weighted by molar-refractivity contribution is 5.84. The van der Waals surface area contributed by atoms with Crippen molar-refractivity contribution in [2.24, 2.45) is 0 Å². The maximum absolute atomic E-state index is 11.8. The van der Waals surface area contributed by atoms with Crippen molar-refractivity contribution in [3.63, 3.8) is 0 Å². The third-order valence-electron chi connectivity index (χ3n) is 4.74. The van der Waals surface area contributed by atoms with Gasteiger partial charge in [-0.1, -0.05) is 18.2 Å². The number of hydrogen-bond acceptors (Lipinski definition) is 5. The van der Waals surface area contributed by atoms with Gasteiger partial charge >= 0.3 is 5.97 Å². The van der Waals surface area contributed by atoms with Gasteiger partial charge in [-0.25, -0.2) is 0 Å². The monoisotopic (exact) mass is 384 g/mol. The first-order chi connectivity index (χ1) is 13.6. The summed E-state index contributed by atoms with van der Waals surface area (Å²) >= 11 is 0. The van der Waals surface area contributed by atoms with E-state index < -0.39 is 12.0 Å². The van der Waals surface area contributed by atoms with E-state index in [9.17, 15) is 9.90 Å². The van der Waals surface area contributed by atoms with Gasteiger partial charge < -0.3 is 24.3 Å². The Kier molecular flexibility index (Phi) is 6.06. The molecule has 3 N–H and O–H groups in total. The second kappa shape index (κ2) is 8.67. The molecule has 7 heteroatoms. The number of rotatable bonds is 9. The number of aromatic amines is 1. The Labute approximate surface area is 163 Å². The van der Waals surface area contributed by atoms with Crippen LogP contribution in [0.25, 0.3) is 10.9 Å². The lowest BCUT2D eigenvalue weighted by atomic mass is 10.0. The molecule has 3 rings (SSSR count). The summed E-state index contributed by atoms with van der Waals surface area (Å²) in [4.78, 5) is 15.0. The van der Waals surface area contributed by atoms with Crippen LogP contribution in [0.2, 0.25) is 0 Å². The lowest BCUT2D eigenvalue weighted by Gasteiger charge is -2.18. The largest absolute Gasteiger partial charge is 0.496 e. The van der Waals surface area contributed by atoms with Crippen LogP contribution in [0.4, 0.5) is 0 Å². The third-order valence-corrected chi connectivity index (χ3v) is 4.74. The van der Waals surface area contributed by atoms with Crippen LogP contribution >= 0.6 is 0 Å². The molecule has 0 radical (unpaired) electrons.